The Morgan fingerprint density at radius 2 is 2.21 bits per heavy atom. The van der Waals surface area contributed by atoms with Gasteiger partial charge in [-0.25, -0.2) is 4.79 Å². The van der Waals surface area contributed by atoms with Crippen molar-refractivity contribution in [2.45, 2.75) is 6.92 Å². The van der Waals surface area contributed by atoms with Gasteiger partial charge in [-0.15, -0.1) is 0 Å². The number of amides is 2. The number of aryl methyl sites for hydroxylation is 1. The molecule has 0 aliphatic rings. The van der Waals surface area contributed by atoms with Gasteiger partial charge in [0.05, 0.1) is 11.7 Å². The zero-order chi connectivity index (χ0) is 13.2. The SMILES string of the molecule is Cc1cc(NC(=O)Nc2ccc3cn[nH]c3c2)no1. The summed E-state index contributed by atoms with van der Waals surface area (Å²) in [5, 5.41) is 16.7. The highest BCUT2D eigenvalue weighted by Gasteiger charge is 2.06. The maximum Gasteiger partial charge on any atom is 0.324 e. The van der Waals surface area contributed by atoms with E-state index in [9.17, 15) is 4.79 Å². The second-order valence-corrected chi connectivity index (χ2v) is 4.07. The minimum atomic E-state index is -0.382. The predicted molar refractivity (Wildman–Crippen MR) is 70.0 cm³/mol. The molecule has 96 valence electrons. The highest BCUT2D eigenvalue weighted by molar-refractivity contribution is 6.00. The number of fused-ring (bicyclic) bond motifs is 1. The molecule has 3 rings (SSSR count). The third kappa shape index (κ3) is 2.39. The fraction of sp³-hybridized carbons (Fsp3) is 0.0833. The molecule has 0 atom stereocenters. The van der Waals surface area contributed by atoms with Crippen molar-refractivity contribution in [3.63, 3.8) is 0 Å². The minimum absolute atomic E-state index is 0.373. The van der Waals surface area contributed by atoms with Gasteiger partial charge in [0, 0.05) is 17.1 Å². The molecule has 7 nitrogen and oxygen atoms in total. The number of nitrogens with one attached hydrogen (secondary N) is 3. The van der Waals surface area contributed by atoms with Crippen LogP contribution < -0.4 is 10.6 Å². The Labute approximate surface area is 108 Å². The van der Waals surface area contributed by atoms with Crippen molar-refractivity contribution in [1.29, 1.82) is 0 Å². The van der Waals surface area contributed by atoms with E-state index < -0.39 is 0 Å². The van der Waals surface area contributed by atoms with Crippen molar-refractivity contribution in [3.8, 4) is 0 Å². The molecule has 0 aliphatic heterocycles. The van der Waals surface area contributed by atoms with E-state index in [1.807, 2.05) is 6.07 Å². The molecule has 7 heteroatoms. The van der Waals surface area contributed by atoms with Gasteiger partial charge in [-0.1, -0.05) is 5.16 Å². The largest absolute Gasteiger partial charge is 0.360 e. The number of carbonyl (C=O) groups excluding carboxylic acids is 1. The molecule has 3 N–H and O–H groups in total. The van der Waals surface area contributed by atoms with E-state index in [2.05, 4.69) is 26.0 Å². The van der Waals surface area contributed by atoms with E-state index in [1.165, 1.54) is 0 Å². The lowest BCUT2D eigenvalue weighted by atomic mass is 10.2. The summed E-state index contributed by atoms with van der Waals surface area (Å²) in [6, 6.07) is 6.72. The normalized spacial score (nSPS) is 10.6. The van der Waals surface area contributed by atoms with Gasteiger partial charge >= 0.3 is 6.03 Å². The molecule has 19 heavy (non-hydrogen) atoms. The van der Waals surface area contributed by atoms with Crippen LogP contribution in [0.2, 0.25) is 0 Å². The van der Waals surface area contributed by atoms with Crippen LogP contribution in [0.3, 0.4) is 0 Å². The Hall–Kier alpha value is -2.83. The Kier molecular flexibility index (Phi) is 2.64. The van der Waals surface area contributed by atoms with Gasteiger partial charge in [-0.3, -0.25) is 10.4 Å². The quantitative estimate of drug-likeness (QED) is 0.657. The van der Waals surface area contributed by atoms with E-state index in [1.54, 1.807) is 31.3 Å². The number of carbonyl (C=O) groups is 1. The molecule has 0 saturated carbocycles. The lowest BCUT2D eigenvalue weighted by molar-refractivity contribution is 0.262. The van der Waals surface area contributed by atoms with Crippen molar-refractivity contribution >= 4 is 28.4 Å². The van der Waals surface area contributed by atoms with Gasteiger partial charge in [-0.05, 0) is 25.1 Å². The van der Waals surface area contributed by atoms with Gasteiger partial charge in [-0.2, -0.15) is 5.10 Å². The number of aromatic amines is 1. The maximum absolute atomic E-state index is 11.7. The van der Waals surface area contributed by atoms with Gasteiger partial charge in [0.2, 0.25) is 0 Å². The smallest absolute Gasteiger partial charge is 0.324 e. The minimum Gasteiger partial charge on any atom is -0.360 e. The van der Waals surface area contributed by atoms with Crippen LogP contribution in [0.15, 0.2) is 35.0 Å². The van der Waals surface area contributed by atoms with E-state index >= 15 is 0 Å². The number of nitrogens with zero attached hydrogens (tertiary/aromatic N) is 2. The van der Waals surface area contributed by atoms with Crippen LogP contribution in [-0.4, -0.2) is 21.4 Å². The molecule has 2 amide bonds. The molecular weight excluding hydrogens is 246 g/mol. The Morgan fingerprint density at radius 1 is 1.32 bits per heavy atom. The number of urea groups is 1. The summed E-state index contributed by atoms with van der Waals surface area (Å²) < 4.78 is 4.86. The zero-order valence-electron chi connectivity index (χ0n) is 10.1. The van der Waals surface area contributed by atoms with E-state index in [4.69, 9.17) is 4.52 Å². The summed E-state index contributed by atoms with van der Waals surface area (Å²) in [5.41, 5.74) is 1.52. The number of anilines is 2. The molecule has 0 aliphatic carbocycles. The first-order valence-corrected chi connectivity index (χ1v) is 5.65. The average Bonchev–Trinajstić information content (AvgIpc) is 2.97. The Bertz CT molecular complexity index is 730. The summed E-state index contributed by atoms with van der Waals surface area (Å²) in [4.78, 5) is 11.7. The van der Waals surface area contributed by atoms with Crippen LogP contribution in [-0.2, 0) is 0 Å². The summed E-state index contributed by atoms with van der Waals surface area (Å²) in [7, 11) is 0. The van der Waals surface area contributed by atoms with Gasteiger partial charge < -0.3 is 9.84 Å². The molecule has 3 aromatic rings. The van der Waals surface area contributed by atoms with Crippen LogP contribution in [0.4, 0.5) is 16.3 Å². The Balaban J connectivity index is 1.71. The number of benzene rings is 1. The monoisotopic (exact) mass is 257 g/mol. The molecule has 0 unspecified atom stereocenters. The molecule has 0 radical (unpaired) electrons. The van der Waals surface area contributed by atoms with Crippen molar-refractivity contribution in [3.05, 3.63) is 36.2 Å². The number of H-pyrrole nitrogens is 1. The number of aromatic nitrogens is 3. The molecule has 0 spiro atoms. The third-order valence-corrected chi connectivity index (χ3v) is 2.57. The number of hydrogen-bond donors (Lipinski definition) is 3. The van der Waals surface area contributed by atoms with Gasteiger partial charge in [0.25, 0.3) is 0 Å². The van der Waals surface area contributed by atoms with E-state index in [-0.39, 0.29) is 6.03 Å². The summed E-state index contributed by atoms with van der Waals surface area (Å²) in [6.07, 6.45) is 1.72. The molecule has 0 bridgehead atoms. The number of hydrogen-bond acceptors (Lipinski definition) is 4. The van der Waals surface area contributed by atoms with Crippen LogP contribution in [0.25, 0.3) is 10.9 Å². The van der Waals surface area contributed by atoms with Crippen LogP contribution in [0.1, 0.15) is 5.76 Å². The highest BCUT2D eigenvalue weighted by Crippen LogP contribution is 2.16. The highest BCUT2D eigenvalue weighted by atomic mass is 16.5. The molecule has 1 aromatic carbocycles. The van der Waals surface area contributed by atoms with Crippen molar-refractivity contribution in [2.75, 3.05) is 10.6 Å². The fourth-order valence-corrected chi connectivity index (χ4v) is 1.72. The number of rotatable bonds is 2. The first-order valence-electron chi connectivity index (χ1n) is 5.65. The van der Waals surface area contributed by atoms with Crippen molar-refractivity contribution < 1.29 is 9.32 Å². The molecular formula is C12H11N5O2. The maximum atomic E-state index is 11.7. The second-order valence-electron chi connectivity index (χ2n) is 4.07. The van der Waals surface area contributed by atoms with Crippen molar-refractivity contribution in [2.24, 2.45) is 0 Å². The lowest BCUT2D eigenvalue weighted by Gasteiger charge is -2.04. The first-order chi connectivity index (χ1) is 9.20. The summed E-state index contributed by atoms with van der Waals surface area (Å²) in [6.45, 7) is 1.75. The standard InChI is InChI=1S/C12H11N5O2/c1-7-4-11(17-19-7)15-12(18)14-9-3-2-8-6-13-16-10(8)5-9/h2-6H,1H3,(H,13,16)(H2,14,15,17,18). The summed E-state index contributed by atoms with van der Waals surface area (Å²) in [5.74, 6) is 1.01. The van der Waals surface area contributed by atoms with Gasteiger partial charge in [0.15, 0.2) is 5.82 Å². The lowest BCUT2D eigenvalue weighted by Crippen LogP contribution is -2.19. The first kappa shape index (κ1) is 11.3. The zero-order valence-corrected chi connectivity index (χ0v) is 10.1. The summed E-state index contributed by atoms with van der Waals surface area (Å²) >= 11 is 0. The fourth-order valence-electron chi connectivity index (χ4n) is 1.72. The van der Waals surface area contributed by atoms with Crippen LogP contribution in [0, 0.1) is 6.92 Å². The Morgan fingerprint density at radius 3 is 3.00 bits per heavy atom. The molecule has 0 saturated heterocycles. The molecule has 2 heterocycles. The van der Waals surface area contributed by atoms with Gasteiger partial charge in [0.1, 0.15) is 5.76 Å². The topological polar surface area (TPSA) is 95.8 Å². The van der Waals surface area contributed by atoms with Crippen molar-refractivity contribution in [1.82, 2.24) is 15.4 Å². The van der Waals surface area contributed by atoms with E-state index in [0.717, 1.165) is 10.9 Å². The van der Waals surface area contributed by atoms with E-state index in [0.29, 0.717) is 17.3 Å². The van der Waals surface area contributed by atoms with Crippen LogP contribution in [0.5, 0.6) is 0 Å². The average molecular weight is 257 g/mol. The predicted octanol–water partition coefficient (Wildman–Crippen LogP) is 2.50. The molecule has 0 fully saturated rings. The molecule has 2 aromatic heterocycles. The second kappa shape index (κ2) is 4.45. The third-order valence-electron chi connectivity index (χ3n) is 2.57. The van der Waals surface area contributed by atoms with Crippen LogP contribution >= 0.6 is 0 Å².